The minimum atomic E-state index is -3.99. The molecule has 10 nitrogen and oxygen atoms in total. The van der Waals surface area contributed by atoms with Crippen LogP contribution in [-0.2, 0) is 27.6 Å². The van der Waals surface area contributed by atoms with Gasteiger partial charge in [-0.3, -0.25) is 4.72 Å². The Bertz CT molecular complexity index is 1720. The summed E-state index contributed by atoms with van der Waals surface area (Å²) < 4.78 is 42.3. The zero-order chi connectivity index (χ0) is 24.9. The summed E-state index contributed by atoms with van der Waals surface area (Å²) in [5, 5.41) is 12.9. The second-order valence-electron chi connectivity index (χ2n) is 8.44. The largest absolute Gasteiger partial charge is 0.462 e. The fourth-order valence-electron chi connectivity index (χ4n) is 4.57. The van der Waals surface area contributed by atoms with Crippen LogP contribution < -0.4 is 4.72 Å². The van der Waals surface area contributed by atoms with Gasteiger partial charge in [0.05, 0.1) is 22.8 Å². The Morgan fingerprint density at radius 3 is 2.81 bits per heavy atom. The third-order valence-corrected chi connectivity index (χ3v) is 8.91. The molecule has 0 unspecified atom stereocenters. The second-order valence-corrected chi connectivity index (χ2v) is 11.2. The lowest BCUT2D eigenvalue weighted by Crippen LogP contribution is -2.16. The molecule has 0 saturated heterocycles. The van der Waals surface area contributed by atoms with Gasteiger partial charge in [0.15, 0.2) is 0 Å². The van der Waals surface area contributed by atoms with Crippen molar-refractivity contribution < 1.29 is 22.4 Å². The number of sulfonamides is 1. The zero-order valence-electron chi connectivity index (χ0n) is 19.2. The number of hydrogen-bond donors (Lipinski definition) is 1. The maximum absolute atomic E-state index is 13.4. The molecule has 184 valence electrons. The van der Waals surface area contributed by atoms with Gasteiger partial charge in [-0.25, -0.2) is 17.9 Å². The van der Waals surface area contributed by atoms with Crippen LogP contribution in [0.1, 0.15) is 40.6 Å². The molecule has 0 fully saturated rings. The van der Waals surface area contributed by atoms with Crippen molar-refractivity contribution in [3.63, 3.8) is 0 Å². The molecule has 12 heteroatoms. The first-order valence-electron chi connectivity index (χ1n) is 11.5. The Morgan fingerprint density at radius 1 is 1.14 bits per heavy atom. The lowest BCUT2D eigenvalue weighted by Gasteiger charge is -2.12. The number of nitrogens with one attached hydrogen (secondary N) is 1. The molecular weight excluding hydrogens is 502 g/mol. The first-order chi connectivity index (χ1) is 17.4. The summed E-state index contributed by atoms with van der Waals surface area (Å²) >= 11 is 1.32. The Kier molecular flexibility index (Phi) is 5.49. The van der Waals surface area contributed by atoms with Gasteiger partial charge in [-0.15, -0.1) is 16.4 Å². The van der Waals surface area contributed by atoms with Crippen molar-refractivity contribution in [2.45, 2.75) is 37.5 Å². The highest BCUT2D eigenvalue weighted by atomic mass is 32.2. The standard InChI is InChI=1S/C24H21N5O5S2/c1-2-33-24(30)22-17-5-3-4-6-21(17)35-23(22)26-36(31,32)15-8-10-19-18(12-15)16-9-7-14(11-20(16)34-19)29-13-25-27-28-29/h7-13,26H,2-6H2,1H3. The molecule has 0 spiro atoms. The lowest BCUT2D eigenvalue weighted by atomic mass is 9.95. The molecule has 0 bridgehead atoms. The summed E-state index contributed by atoms with van der Waals surface area (Å²) in [6.45, 7) is 1.95. The number of fused-ring (bicyclic) bond motifs is 4. The Morgan fingerprint density at radius 2 is 2.00 bits per heavy atom. The summed E-state index contributed by atoms with van der Waals surface area (Å²) in [6, 6.07) is 10.2. The second kappa shape index (κ2) is 8.71. The number of nitrogens with zero attached hydrogens (tertiary/aromatic N) is 4. The molecule has 0 aliphatic heterocycles. The number of ether oxygens (including phenoxy) is 1. The van der Waals surface area contributed by atoms with E-state index in [0.717, 1.165) is 41.5 Å². The number of aromatic nitrogens is 4. The summed E-state index contributed by atoms with van der Waals surface area (Å²) in [4.78, 5) is 13.9. The van der Waals surface area contributed by atoms with Gasteiger partial charge >= 0.3 is 5.97 Å². The van der Waals surface area contributed by atoms with Crippen LogP contribution in [0.2, 0.25) is 0 Å². The van der Waals surface area contributed by atoms with E-state index >= 15 is 0 Å². The van der Waals surface area contributed by atoms with Crippen molar-refractivity contribution in [2.24, 2.45) is 0 Å². The predicted octanol–water partition coefficient (Wildman–Crippen LogP) is 4.48. The smallest absolute Gasteiger partial charge is 0.341 e. The van der Waals surface area contributed by atoms with Crippen LogP contribution >= 0.6 is 11.3 Å². The number of furan rings is 1. The van der Waals surface area contributed by atoms with Gasteiger partial charge in [0, 0.05) is 21.7 Å². The minimum Gasteiger partial charge on any atom is -0.462 e. The van der Waals surface area contributed by atoms with Crippen LogP contribution in [0.3, 0.4) is 0 Å². The third-order valence-electron chi connectivity index (χ3n) is 6.23. The van der Waals surface area contributed by atoms with Gasteiger partial charge in [0.25, 0.3) is 10.0 Å². The van der Waals surface area contributed by atoms with Gasteiger partial charge in [-0.1, -0.05) is 0 Å². The van der Waals surface area contributed by atoms with Crippen molar-refractivity contribution >= 4 is 54.3 Å². The summed E-state index contributed by atoms with van der Waals surface area (Å²) in [6.07, 6.45) is 5.02. The van der Waals surface area contributed by atoms with Crippen molar-refractivity contribution in [2.75, 3.05) is 11.3 Å². The summed E-state index contributed by atoms with van der Waals surface area (Å²) in [7, 11) is -3.99. The lowest BCUT2D eigenvalue weighted by molar-refractivity contribution is 0.0526. The average Bonchev–Trinajstić information content (AvgIpc) is 3.60. The molecule has 0 saturated carbocycles. The van der Waals surface area contributed by atoms with Gasteiger partial charge in [0.1, 0.15) is 22.5 Å². The maximum atomic E-state index is 13.4. The van der Waals surface area contributed by atoms with E-state index in [4.69, 9.17) is 9.15 Å². The van der Waals surface area contributed by atoms with Crippen LogP contribution in [0.15, 0.2) is 52.0 Å². The van der Waals surface area contributed by atoms with Crippen LogP contribution in [-0.4, -0.2) is 41.2 Å². The van der Waals surface area contributed by atoms with Gasteiger partial charge in [-0.2, -0.15) is 0 Å². The van der Waals surface area contributed by atoms with Crippen molar-refractivity contribution in [3.05, 3.63) is 58.7 Å². The molecule has 3 heterocycles. The first-order valence-corrected chi connectivity index (χ1v) is 13.8. The normalized spacial score (nSPS) is 13.7. The van der Waals surface area contributed by atoms with E-state index in [2.05, 4.69) is 20.2 Å². The molecule has 0 atom stereocenters. The number of thiophene rings is 1. The number of benzene rings is 2. The topological polar surface area (TPSA) is 129 Å². The predicted molar refractivity (Wildman–Crippen MR) is 134 cm³/mol. The molecule has 2 aromatic carbocycles. The van der Waals surface area contributed by atoms with E-state index in [1.165, 1.54) is 28.4 Å². The fourth-order valence-corrected chi connectivity index (χ4v) is 7.18. The molecule has 3 aromatic heterocycles. The van der Waals surface area contributed by atoms with E-state index in [0.29, 0.717) is 32.8 Å². The molecule has 5 aromatic rings. The Balaban J connectivity index is 1.39. The number of tetrazole rings is 1. The Labute approximate surface area is 209 Å². The highest BCUT2D eigenvalue weighted by Gasteiger charge is 2.29. The van der Waals surface area contributed by atoms with E-state index in [-0.39, 0.29) is 11.5 Å². The quantitative estimate of drug-likeness (QED) is 0.323. The number of hydrogen-bond acceptors (Lipinski definition) is 9. The molecule has 6 rings (SSSR count). The number of esters is 1. The molecule has 1 N–H and O–H groups in total. The molecule has 0 radical (unpaired) electrons. The number of rotatable bonds is 6. The highest BCUT2D eigenvalue weighted by molar-refractivity contribution is 7.93. The number of carbonyl (C=O) groups is 1. The molecule has 0 amide bonds. The van der Waals surface area contributed by atoms with Gasteiger partial charge in [-0.05, 0) is 78.9 Å². The minimum absolute atomic E-state index is 0.0726. The SMILES string of the molecule is CCOC(=O)c1c(NS(=O)(=O)c2ccc3oc4cc(-n5cnnn5)ccc4c3c2)sc2c1CCCC2. The molecule has 36 heavy (non-hydrogen) atoms. The number of anilines is 1. The van der Waals surface area contributed by atoms with Crippen LogP contribution in [0, 0.1) is 0 Å². The first kappa shape index (κ1) is 22.7. The zero-order valence-corrected chi connectivity index (χ0v) is 20.9. The fraction of sp³-hybridized carbons (Fsp3) is 0.250. The van der Waals surface area contributed by atoms with Crippen LogP contribution in [0.5, 0.6) is 0 Å². The summed E-state index contributed by atoms with van der Waals surface area (Å²) in [5.41, 5.74) is 3.09. The van der Waals surface area contributed by atoms with E-state index < -0.39 is 16.0 Å². The summed E-state index contributed by atoms with van der Waals surface area (Å²) in [5.74, 6) is -0.496. The maximum Gasteiger partial charge on any atom is 0.341 e. The third kappa shape index (κ3) is 3.82. The van der Waals surface area contributed by atoms with Crippen molar-refractivity contribution in [3.8, 4) is 5.69 Å². The highest BCUT2D eigenvalue weighted by Crippen LogP contribution is 2.40. The van der Waals surface area contributed by atoms with Gasteiger partial charge in [0.2, 0.25) is 0 Å². The number of aryl methyl sites for hydroxylation is 1. The van der Waals surface area contributed by atoms with E-state index in [1.807, 2.05) is 12.1 Å². The molecule has 1 aliphatic carbocycles. The van der Waals surface area contributed by atoms with Gasteiger partial charge < -0.3 is 9.15 Å². The average molecular weight is 524 g/mol. The number of carbonyl (C=O) groups excluding carboxylic acids is 1. The van der Waals surface area contributed by atoms with Crippen molar-refractivity contribution in [1.82, 2.24) is 20.2 Å². The monoisotopic (exact) mass is 523 g/mol. The van der Waals surface area contributed by atoms with Crippen LogP contribution in [0.4, 0.5) is 5.00 Å². The van der Waals surface area contributed by atoms with E-state index in [1.54, 1.807) is 25.1 Å². The van der Waals surface area contributed by atoms with Crippen molar-refractivity contribution in [1.29, 1.82) is 0 Å². The molecule has 1 aliphatic rings. The Hall–Kier alpha value is -3.77. The van der Waals surface area contributed by atoms with E-state index in [9.17, 15) is 13.2 Å². The molecular formula is C24H21N5O5S2. The van der Waals surface area contributed by atoms with Crippen LogP contribution in [0.25, 0.3) is 27.6 Å².